The van der Waals surface area contributed by atoms with Crippen LogP contribution in [0, 0.1) is 5.82 Å². The van der Waals surface area contributed by atoms with Crippen molar-refractivity contribution in [3.8, 4) is 16.9 Å². The fourth-order valence-corrected chi connectivity index (χ4v) is 7.63. The van der Waals surface area contributed by atoms with Gasteiger partial charge in [0.2, 0.25) is 0 Å². The molecule has 2 aromatic heterocycles. The third-order valence-electron chi connectivity index (χ3n) is 9.55. The molecule has 252 valence electrons. The predicted octanol–water partition coefficient (Wildman–Crippen LogP) is 9.35. The molecule has 0 radical (unpaired) electrons. The van der Waals surface area contributed by atoms with Gasteiger partial charge in [-0.3, -0.25) is 4.68 Å². The second-order valence-corrected chi connectivity index (χ2v) is 13.0. The topological polar surface area (TPSA) is 78.5 Å². The Kier molecular flexibility index (Phi) is 9.43. The summed E-state index contributed by atoms with van der Waals surface area (Å²) in [5, 5.41) is 18.8. The zero-order chi connectivity index (χ0) is 34.1. The normalized spacial score (nSPS) is 14.9. The Morgan fingerprint density at radius 3 is 2.65 bits per heavy atom. The highest BCUT2D eigenvalue weighted by molar-refractivity contribution is 6.35. The van der Waals surface area contributed by atoms with E-state index in [0.717, 1.165) is 68.2 Å². The lowest BCUT2D eigenvalue weighted by atomic mass is 9.94. The van der Waals surface area contributed by atoms with Crippen LogP contribution in [0.15, 0.2) is 78.9 Å². The molecule has 1 unspecified atom stereocenters. The second-order valence-electron chi connectivity index (χ2n) is 12.6. The van der Waals surface area contributed by atoms with Gasteiger partial charge in [-0.05, 0) is 78.9 Å². The fourth-order valence-electron chi connectivity index (χ4n) is 7.38. The maximum absolute atomic E-state index is 13.8. The summed E-state index contributed by atoms with van der Waals surface area (Å²) < 4.78 is 30.5. The van der Waals surface area contributed by atoms with Crippen molar-refractivity contribution in [2.45, 2.75) is 58.1 Å². The van der Waals surface area contributed by atoms with Crippen LogP contribution in [-0.2, 0) is 37.6 Å². The van der Waals surface area contributed by atoms with E-state index < -0.39 is 5.97 Å². The van der Waals surface area contributed by atoms with Gasteiger partial charge in [0.25, 0.3) is 0 Å². The van der Waals surface area contributed by atoms with Crippen LogP contribution in [0.1, 0.15) is 65.3 Å². The molecule has 0 bridgehead atoms. The van der Waals surface area contributed by atoms with Crippen LogP contribution in [0.25, 0.3) is 32.8 Å². The van der Waals surface area contributed by atoms with Crippen LogP contribution in [0.4, 0.5) is 4.39 Å². The summed E-state index contributed by atoms with van der Waals surface area (Å²) in [5.74, 6) is -0.595. The number of rotatable bonds is 9. The van der Waals surface area contributed by atoms with Crippen LogP contribution < -0.4 is 4.74 Å². The lowest BCUT2D eigenvalue weighted by Crippen LogP contribution is -2.12. The number of halogens is 2. The van der Waals surface area contributed by atoms with Crippen molar-refractivity contribution in [2.24, 2.45) is 7.05 Å². The highest BCUT2D eigenvalue weighted by Crippen LogP contribution is 2.45. The van der Waals surface area contributed by atoms with E-state index in [-0.39, 0.29) is 17.6 Å². The summed E-state index contributed by atoms with van der Waals surface area (Å²) in [4.78, 5) is 13.1. The van der Waals surface area contributed by atoms with E-state index in [4.69, 9.17) is 26.2 Å². The number of fused-ring (bicyclic) bond motifs is 3. The molecule has 0 saturated heterocycles. The molecule has 0 saturated carbocycles. The van der Waals surface area contributed by atoms with Crippen LogP contribution in [-0.4, -0.2) is 38.6 Å². The van der Waals surface area contributed by atoms with E-state index in [9.17, 15) is 14.3 Å². The van der Waals surface area contributed by atoms with E-state index in [1.54, 1.807) is 6.07 Å². The van der Waals surface area contributed by atoms with Crippen LogP contribution >= 0.6 is 11.6 Å². The lowest BCUT2D eigenvalue weighted by Gasteiger charge is -2.19. The van der Waals surface area contributed by atoms with Crippen molar-refractivity contribution in [2.75, 3.05) is 13.2 Å². The Bertz CT molecular complexity index is 2160. The van der Waals surface area contributed by atoms with Crippen molar-refractivity contribution in [1.82, 2.24) is 14.3 Å². The summed E-state index contributed by atoms with van der Waals surface area (Å²) in [6.07, 6.45) is 3.64. The van der Waals surface area contributed by atoms with Gasteiger partial charge in [-0.25, -0.2) is 9.18 Å². The minimum Gasteiger partial charge on any atom is -0.493 e. The number of nitrogens with zero attached hydrogens (tertiary/aromatic N) is 3. The Labute approximate surface area is 289 Å². The number of aromatic nitrogens is 3. The molecule has 6 aromatic rings. The average molecular weight is 680 g/mol. The molecule has 7 rings (SSSR count). The van der Waals surface area contributed by atoms with Gasteiger partial charge in [-0.2, -0.15) is 5.10 Å². The van der Waals surface area contributed by atoms with Gasteiger partial charge in [-0.15, -0.1) is 0 Å². The molecule has 7 nitrogen and oxygen atoms in total. The zero-order valence-corrected chi connectivity index (χ0v) is 28.5. The molecule has 0 amide bonds. The van der Waals surface area contributed by atoms with E-state index >= 15 is 0 Å². The largest absolute Gasteiger partial charge is 0.493 e. The number of ether oxygens (including phenoxy) is 2. The van der Waals surface area contributed by atoms with Gasteiger partial charge in [-0.1, -0.05) is 67.1 Å². The minimum atomic E-state index is -0.972. The van der Waals surface area contributed by atoms with Crippen molar-refractivity contribution < 1.29 is 23.8 Å². The molecule has 1 aliphatic heterocycles. The smallest absolute Gasteiger partial charge is 0.352 e. The molecular weight excluding hydrogens is 641 g/mol. The highest BCUT2D eigenvalue weighted by Gasteiger charge is 2.32. The number of carboxylic acid groups (broad SMARTS) is 1. The molecule has 0 spiro atoms. The van der Waals surface area contributed by atoms with E-state index in [2.05, 4.69) is 19.1 Å². The number of aromatic carboxylic acids is 1. The number of aryl methyl sites for hydroxylation is 3. The maximum Gasteiger partial charge on any atom is 0.352 e. The molecule has 1 atom stereocenters. The number of hydrogen-bond donors (Lipinski definition) is 1. The zero-order valence-electron chi connectivity index (χ0n) is 27.7. The Morgan fingerprint density at radius 1 is 1.04 bits per heavy atom. The van der Waals surface area contributed by atoms with Crippen molar-refractivity contribution in [3.63, 3.8) is 0 Å². The first-order chi connectivity index (χ1) is 23.9. The maximum atomic E-state index is 13.8. The summed E-state index contributed by atoms with van der Waals surface area (Å²) in [5.41, 5.74) is 6.57. The predicted molar refractivity (Wildman–Crippen MR) is 191 cm³/mol. The summed E-state index contributed by atoms with van der Waals surface area (Å²) in [6.45, 7) is 3.51. The van der Waals surface area contributed by atoms with Crippen molar-refractivity contribution in [3.05, 3.63) is 118 Å². The fraction of sp³-hybridized carbons (Fsp3) is 0.300. The van der Waals surface area contributed by atoms with Crippen LogP contribution in [0.2, 0.25) is 5.02 Å². The second kappa shape index (κ2) is 14.1. The van der Waals surface area contributed by atoms with E-state index in [1.165, 1.54) is 12.1 Å². The van der Waals surface area contributed by atoms with Crippen LogP contribution in [0.3, 0.4) is 0 Å². The van der Waals surface area contributed by atoms with E-state index in [1.807, 2.05) is 64.8 Å². The number of benzene rings is 4. The molecule has 49 heavy (non-hydrogen) atoms. The van der Waals surface area contributed by atoms with Gasteiger partial charge in [0.1, 0.15) is 23.4 Å². The Hall–Kier alpha value is -4.66. The minimum absolute atomic E-state index is 0.281. The molecule has 1 aliphatic rings. The van der Waals surface area contributed by atoms with E-state index in [0.29, 0.717) is 56.2 Å². The summed E-state index contributed by atoms with van der Waals surface area (Å²) in [6, 6.07) is 24.3. The Morgan fingerprint density at radius 2 is 1.86 bits per heavy atom. The average Bonchev–Trinajstić information content (AvgIpc) is 3.58. The highest BCUT2D eigenvalue weighted by atomic mass is 35.5. The molecule has 3 heterocycles. The number of carbonyl (C=O) groups is 1. The molecular formula is C40H39ClFN3O4. The molecule has 0 fully saturated rings. The number of hydrogen-bond acceptors (Lipinski definition) is 4. The van der Waals surface area contributed by atoms with Gasteiger partial charge >= 0.3 is 5.97 Å². The Balaban J connectivity index is 1.32. The lowest BCUT2D eigenvalue weighted by molar-refractivity contribution is 0.0471. The number of carboxylic acids is 1. The van der Waals surface area contributed by atoms with Gasteiger partial charge in [0.15, 0.2) is 0 Å². The monoisotopic (exact) mass is 679 g/mol. The first-order valence-electron chi connectivity index (χ1n) is 16.9. The summed E-state index contributed by atoms with van der Waals surface area (Å²) in [7, 11) is 1.95. The standard InChI is InChI=1S/C40H39ClFN3O4/c1-3-32-36-35-31(41)19-18-30-29(14-10-22-48-33-15-9-13-26-24-27(42)16-17-28(26)33)39(40(46)47)45(38(30)35)20-7-8-21-49-34(37(36)43-44(32)2)23-25-11-5-4-6-12-25/h4-6,9,11-13,15-19,24,34H,3,7-8,10,14,20-23H2,1-2H3,(H,46,47). The SMILES string of the molecule is CCc1c2c(nn1C)C(Cc1ccccc1)OCCCCn1c(C(=O)O)c(CCCOc3cccc4cc(F)ccc34)c3ccc(Cl)c-2c31. The third-order valence-corrected chi connectivity index (χ3v) is 9.87. The summed E-state index contributed by atoms with van der Waals surface area (Å²) >= 11 is 7.15. The van der Waals surface area contributed by atoms with Gasteiger partial charge < -0.3 is 19.1 Å². The van der Waals surface area contributed by atoms with Crippen molar-refractivity contribution in [1.29, 1.82) is 0 Å². The first kappa shape index (κ1) is 32.9. The first-order valence-corrected chi connectivity index (χ1v) is 17.3. The third kappa shape index (κ3) is 6.31. The molecule has 1 N–H and O–H groups in total. The quantitative estimate of drug-likeness (QED) is 0.154. The molecule has 9 heteroatoms. The van der Waals surface area contributed by atoms with Crippen molar-refractivity contribution >= 4 is 39.2 Å². The van der Waals surface area contributed by atoms with Gasteiger partial charge in [0.05, 0.1) is 22.8 Å². The molecule has 4 aromatic carbocycles. The van der Waals surface area contributed by atoms with Gasteiger partial charge in [0, 0.05) is 54.2 Å². The van der Waals surface area contributed by atoms with Crippen LogP contribution in [0.5, 0.6) is 5.75 Å². The molecule has 0 aliphatic carbocycles.